The summed E-state index contributed by atoms with van der Waals surface area (Å²) in [5, 5.41) is 11.1. The average molecular weight is 554 g/mol. The normalized spacial score (nSPS) is 24.5. The average Bonchev–Trinajstić information content (AvgIpc) is 3.40. The van der Waals surface area contributed by atoms with Crippen molar-refractivity contribution in [2.45, 2.75) is 51.0 Å². The van der Waals surface area contributed by atoms with E-state index in [1.807, 2.05) is 33.3 Å². The van der Waals surface area contributed by atoms with Crippen molar-refractivity contribution in [2.24, 2.45) is 11.3 Å². The molecule has 212 valence electrons. The van der Waals surface area contributed by atoms with Gasteiger partial charge in [-0.3, -0.25) is 4.57 Å². The molecular weight excluding hydrogens is 509 g/mol. The third kappa shape index (κ3) is 7.18. The van der Waals surface area contributed by atoms with Crippen molar-refractivity contribution < 1.29 is 28.1 Å². The van der Waals surface area contributed by atoms with Gasteiger partial charge in [-0.15, -0.1) is 0 Å². The van der Waals surface area contributed by atoms with Crippen molar-refractivity contribution in [1.29, 1.82) is 0 Å². The number of nitrogens with zero attached hydrogens (tertiary/aromatic N) is 1. The number of hydrogen-bond acceptors (Lipinski definition) is 5. The van der Waals surface area contributed by atoms with Crippen molar-refractivity contribution in [1.82, 2.24) is 0 Å². The van der Waals surface area contributed by atoms with Gasteiger partial charge in [-0.2, -0.15) is 0 Å². The molecule has 7 heteroatoms. The maximum Gasteiger partial charge on any atom is 0.268 e. The fourth-order valence-corrected chi connectivity index (χ4v) is 7.10. The van der Waals surface area contributed by atoms with E-state index in [-0.39, 0.29) is 30.7 Å². The zero-order valence-electron chi connectivity index (χ0n) is 23.7. The first-order valence-electron chi connectivity index (χ1n) is 14.1. The molecule has 4 rings (SSSR count). The zero-order valence-corrected chi connectivity index (χ0v) is 24.6. The van der Waals surface area contributed by atoms with Crippen molar-refractivity contribution in [3.63, 3.8) is 0 Å². The number of allylic oxidation sites excluding steroid dienone is 3. The summed E-state index contributed by atoms with van der Waals surface area (Å²) in [6.07, 6.45) is 5.52. The number of hydrogen-bond donors (Lipinski definition) is 1. The van der Waals surface area contributed by atoms with Crippen LogP contribution >= 0.6 is 7.82 Å². The lowest BCUT2D eigenvalue weighted by Gasteiger charge is -2.37. The van der Waals surface area contributed by atoms with Gasteiger partial charge in [-0.25, -0.2) is 0 Å². The molecule has 2 aliphatic carbocycles. The highest BCUT2D eigenvalue weighted by Crippen LogP contribution is 2.66. The summed E-state index contributed by atoms with van der Waals surface area (Å²) in [5.41, 5.74) is 5.89. The molecule has 6 nitrogen and oxygen atoms in total. The van der Waals surface area contributed by atoms with Crippen LogP contribution in [-0.2, 0) is 13.6 Å². The van der Waals surface area contributed by atoms with Gasteiger partial charge >= 0.3 is 0 Å². The van der Waals surface area contributed by atoms with Gasteiger partial charge in [0.05, 0.1) is 33.9 Å². The molecule has 4 atom stereocenters. The van der Waals surface area contributed by atoms with Crippen molar-refractivity contribution >= 4 is 19.0 Å². The summed E-state index contributed by atoms with van der Waals surface area (Å²) in [7, 11) is 1.67. The van der Waals surface area contributed by atoms with E-state index in [4.69, 9.17) is 9.05 Å². The van der Waals surface area contributed by atoms with Crippen LogP contribution in [0.25, 0.3) is 11.1 Å². The van der Waals surface area contributed by atoms with E-state index >= 15 is 0 Å². The number of phosphoric acid groups is 1. The predicted octanol–water partition coefficient (Wildman–Crippen LogP) is 6.08. The number of rotatable bonds is 14. The topological polar surface area (TPSA) is 78.8 Å². The van der Waals surface area contributed by atoms with E-state index in [0.717, 1.165) is 49.7 Å². The van der Waals surface area contributed by atoms with Crippen LogP contribution in [0.4, 0.5) is 0 Å². The summed E-state index contributed by atoms with van der Waals surface area (Å²) >= 11 is 0. The molecular formula is C32H44NO5P. The third-order valence-corrected chi connectivity index (χ3v) is 9.30. The lowest BCUT2D eigenvalue weighted by atomic mass is 9.66. The quantitative estimate of drug-likeness (QED) is 0.174. The summed E-state index contributed by atoms with van der Waals surface area (Å²) < 4.78 is 22.8. The SMILES string of the molecule is C=C(c1ccccc1)C12CCC(O)C1CC(CCCCCOP(=O)([O-])OCC[N+](C)(C)C)=C2c1ccccc1. The Balaban J connectivity index is 1.44. The number of likely N-dealkylation sites (N-methyl/N-ethyl adjacent to an activating group) is 1. The van der Waals surface area contributed by atoms with E-state index in [2.05, 4.69) is 55.1 Å². The number of aliphatic hydroxyl groups is 1. The molecule has 0 heterocycles. The lowest BCUT2D eigenvalue weighted by molar-refractivity contribution is -0.870. The molecule has 2 aromatic carbocycles. The first kappa shape index (κ1) is 29.9. The molecule has 2 aromatic rings. The fraction of sp³-hybridized carbons (Fsp3) is 0.500. The van der Waals surface area contributed by atoms with E-state index < -0.39 is 7.82 Å². The molecule has 2 aliphatic rings. The predicted molar refractivity (Wildman–Crippen MR) is 155 cm³/mol. The Kier molecular flexibility index (Phi) is 9.69. The smallest absolute Gasteiger partial charge is 0.268 e. The van der Waals surface area contributed by atoms with E-state index in [0.29, 0.717) is 17.4 Å². The first-order valence-corrected chi connectivity index (χ1v) is 15.6. The molecule has 39 heavy (non-hydrogen) atoms. The molecule has 1 saturated carbocycles. The minimum atomic E-state index is -4.27. The van der Waals surface area contributed by atoms with E-state index in [1.165, 1.54) is 16.7 Å². The second kappa shape index (κ2) is 12.6. The highest BCUT2D eigenvalue weighted by atomic mass is 31.2. The van der Waals surface area contributed by atoms with Crippen LogP contribution < -0.4 is 4.89 Å². The Bertz CT molecular complexity index is 1190. The summed E-state index contributed by atoms with van der Waals surface area (Å²) in [6.45, 7) is 5.46. The Hall–Kier alpha value is -2.05. The standard InChI is InChI=1S/C32H44NO5P/c1-25(26-14-8-5-9-15-26)32-20-19-30(34)29(32)24-28(31(32)27-16-10-6-11-17-27)18-12-7-13-22-37-39(35,36)38-23-21-33(2,3)4/h5-6,8-11,14-17,29-30,34H,1,7,12-13,18-24H2,2-4H3. The maximum atomic E-state index is 12.1. The number of fused-ring (bicyclic) bond motifs is 1. The van der Waals surface area contributed by atoms with Gasteiger partial charge in [0.2, 0.25) is 0 Å². The highest BCUT2D eigenvalue weighted by molar-refractivity contribution is 7.45. The minimum absolute atomic E-state index is 0.115. The molecule has 0 spiro atoms. The van der Waals surface area contributed by atoms with Gasteiger partial charge in [-0.05, 0) is 60.8 Å². The summed E-state index contributed by atoms with van der Waals surface area (Å²) in [4.78, 5) is 12.1. The first-order chi connectivity index (χ1) is 18.5. The molecule has 0 aromatic heterocycles. The number of benzene rings is 2. The second-order valence-electron chi connectivity index (χ2n) is 12.0. The van der Waals surface area contributed by atoms with Crippen LogP contribution in [0.15, 0.2) is 72.8 Å². The number of quaternary nitrogens is 1. The van der Waals surface area contributed by atoms with Crippen molar-refractivity contribution in [3.05, 3.63) is 83.9 Å². The molecule has 0 saturated heterocycles. The largest absolute Gasteiger partial charge is 0.756 e. The fourth-order valence-electron chi connectivity index (χ4n) is 6.37. The Morgan fingerprint density at radius 3 is 2.33 bits per heavy atom. The van der Waals surface area contributed by atoms with Crippen LogP contribution in [-0.4, -0.2) is 56.6 Å². The highest BCUT2D eigenvalue weighted by Gasteiger charge is 2.56. The van der Waals surface area contributed by atoms with Gasteiger partial charge in [-0.1, -0.05) is 79.2 Å². The van der Waals surface area contributed by atoms with Gasteiger partial charge in [0.1, 0.15) is 13.2 Å². The van der Waals surface area contributed by atoms with Crippen molar-refractivity contribution in [2.75, 3.05) is 40.9 Å². The summed E-state index contributed by atoms with van der Waals surface area (Å²) in [5.74, 6) is 0.119. The maximum absolute atomic E-state index is 12.1. The van der Waals surface area contributed by atoms with Crippen LogP contribution in [0.3, 0.4) is 0 Å². The number of aliphatic hydroxyl groups excluding tert-OH is 1. The molecule has 0 bridgehead atoms. The third-order valence-electron chi connectivity index (χ3n) is 8.30. The Morgan fingerprint density at radius 2 is 1.67 bits per heavy atom. The monoisotopic (exact) mass is 553 g/mol. The van der Waals surface area contributed by atoms with Gasteiger partial charge in [0.15, 0.2) is 0 Å². The van der Waals surface area contributed by atoms with Crippen molar-refractivity contribution in [3.8, 4) is 0 Å². The van der Waals surface area contributed by atoms with Crippen LogP contribution in [0.5, 0.6) is 0 Å². The summed E-state index contributed by atoms with van der Waals surface area (Å²) in [6, 6.07) is 20.9. The molecule has 0 aliphatic heterocycles. The van der Waals surface area contributed by atoms with Crippen LogP contribution in [0, 0.1) is 11.3 Å². The number of unbranched alkanes of at least 4 members (excludes halogenated alkanes) is 2. The van der Waals surface area contributed by atoms with E-state index in [1.54, 1.807) is 0 Å². The molecule has 1 fully saturated rings. The van der Waals surface area contributed by atoms with Crippen LogP contribution in [0.2, 0.25) is 0 Å². The molecule has 1 N–H and O–H groups in total. The Morgan fingerprint density at radius 1 is 1.03 bits per heavy atom. The second-order valence-corrected chi connectivity index (χ2v) is 13.4. The van der Waals surface area contributed by atoms with Gasteiger partial charge in [0, 0.05) is 11.3 Å². The Labute approximate surface area is 234 Å². The molecule has 4 unspecified atom stereocenters. The lowest BCUT2D eigenvalue weighted by Crippen LogP contribution is -2.37. The zero-order chi connectivity index (χ0) is 28.1. The van der Waals surface area contributed by atoms with Gasteiger partial charge < -0.3 is 23.5 Å². The number of phosphoric ester groups is 1. The molecule has 0 radical (unpaired) electrons. The van der Waals surface area contributed by atoms with Crippen LogP contribution in [0.1, 0.15) is 56.1 Å². The van der Waals surface area contributed by atoms with Gasteiger partial charge in [0.25, 0.3) is 7.82 Å². The molecule has 0 amide bonds. The van der Waals surface area contributed by atoms with E-state index in [9.17, 15) is 14.6 Å². The minimum Gasteiger partial charge on any atom is -0.756 e.